The van der Waals surface area contributed by atoms with Crippen LogP contribution in [-0.2, 0) is 32.5 Å². The largest absolute Gasteiger partial charge is 0.468 e. The van der Waals surface area contributed by atoms with Crippen LogP contribution in [0.1, 0.15) is 12.0 Å². The molecule has 0 spiro atoms. The Labute approximate surface area is 123 Å². The maximum atomic E-state index is 11.7. The number of para-hydroxylation sites is 1. The molecule has 1 heterocycles. The molecule has 2 aromatic rings. The number of hydrogen-bond acceptors (Lipinski definition) is 4. The smallest absolute Gasteiger partial charge is 0.320 e. The van der Waals surface area contributed by atoms with E-state index >= 15 is 0 Å². The van der Waals surface area contributed by atoms with Gasteiger partial charge in [-0.3, -0.25) is 9.59 Å². The van der Waals surface area contributed by atoms with Gasteiger partial charge in [0.2, 0.25) is 0 Å². The molecule has 2 rings (SSSR count). The zero-order valence-corrected chi connectivity index (χ0v) is 12.5. The van der Waals surface area contributed by atoms with E-state index in [1.54, 1.807) is 0 Å². The third kappa shape index (κ3) is 3.07. The van der Waals surface area contributed by atoms with E-state index in [4.69, 9.17) is 0 Å². The molecule has 0 saturated heterocycles. The minimum absolute atomic E-state index is 0.368. The number of benzene rings is 1. The van der Waals surface area contributed by atoms with E-state index in [1.807, 2.05) is 42.1 Å². The van der Waals surface area contributed by atoms with Gasteiger partial charge in [-0.05, 0) is 24.5 Å². The van der Waals surface area contributed by atoms with Crippen molar-refractivity contribution in [2.75, 3.05) is 14.2 Å². The molecule has 112 valence electrons. The lowest BCUT2D eigenvalue weighted by atomic mass is 9.99. The summed E-state index contributed by atoms with van der Waals surface area (Å²) in [4.78, 5) is 23.3. The lowest BCUT2D eigenvalue weighted by Gasteiger charge is -2.11. The van der Waals surface area contributed by atoms with Crippen molar-refractivity contribution < 1.29 is 19.1 Å². The normalized spacial score (nSPS) is 10.9. The first-order chi connectivity index (χ1) is 10.1. The molecule has 21 heavy (non-hydrogen) atoms. The van der Waals surface area contributed by atoms with Crippen molar-refractivity contribution in [3.05, 3.63) is 36.0 Å². The van der Waals surface area contributed by atoms with Crippen molar-refractivity contribution in [1.82, 2.24) is 4.57 Å². The van der Waals surface area contributed by atoms with Crippen LogP contribution < -0.4 is 0 Å². The molecule has 0 radical (unpaired) electrons. The Bertz CT molecular complexity index is 643. The summed E-state index contributed by atoms with van der Waals surface area (Å²) in [5.41, 5.74) is 2.23. The van der Waals surface area contributed by atoms with Crippen molar-refractivity contribution in [3.63, 3.8) is 0 Å². The number of carbonyl (C=O) groups excluding carboxylic acids is 2. The zero-order valence-electron chi connectivity index (χ0n) is 12.5. The summed E-state index contributed by atoms with van der Waals surface area (Å²) in [7, 11) is 4.52. The van der Waals surface area contributed by atoms with E-state index in [9.17, 15) is 9.59 Å². The first kappa shape index (κ1) is 15.1. The minimum atomic E-state index is -0.876. The topological polar surface area (TPSA) is 57.5 Å². The van der Waals surface area contributed by atoms with Gasteiger partial charge in [0.25, 0.3) is 0 Å². The zero-order chi connectivity index (χ0) is 15.4. The van der Waals surface area contributed by atoms with Gasteiger partial charge in [-0.2, -0.15) is 0 Å². The van der Waals surface area contributed by atoms with Crippen LogP contribution in [0.5, 0.6) is 0 Å². The number of aryl methyl sites for hydroxylation is 2. The number of rotatable bonds is 5. The molecular formula is C16H19NO4. The summed E-state index contributed by atoms with van der Waals surface area (Å²) in [6.07, 6.45) is 3.00. The molecule has 0 saturated carbocycles. The summed E-state index contributed by atoms with van der Waals surface area (Å²) in [5.74, 6) is -1.98. The number of ether oxygens (including phenoxy) is 2. The van der Waals surface area contributed by atoms with Crippen molar-refractivity contribution in [1.29, 1.82) is 0 Å². The van der Waals surface area contributed by atoms with Crippen LogP contribution in [0.25, 0.3) is 10.9 Å². The first-order valence-corrected chi connectivity index (χ1v) is 6.77. The number of aromatic nitrogens is 1. The van der Waals surface area contributed by atoms with Crippen molar-refractivity contribution in [3.8, 4) is 0 Å². The highest BCUT2D eigenvalue weighted by molar-refractivity contribution is 5.94. The molecule has 0 bridgehead atoms. The number of carbonyl (C=O) groups is 2. The molecule has 1 aromatic carbocycles. The molecule has 0 fully saturated rings. The van der Waals surface area contributed by atoms with Crippen LogP contribution in [-0.4, -0.2) is 30.7 Å². The molecule has 0 aliphatic heterocycles. The average Bonchev–Trinajstić information content (AvgIpc) is 2.83. The van der Waals surface area contributed by atoms with Gasteiger partial charge in [0, 0.05) is 24.1 Å². The molecule has 5 nitrogen and oxygen atoms in total. The average molecular weight is 289 g/mol. The fourth-order valence-electron chi connectivity index (χ4n) is 2.54. The summed E-state index contributed by atoms with van der Waals surface area (Å²) in [5, 5.41) is 1.13. The van der Waals surface area contributed by atoms with Gasteiger partial charge in [-0.1, -0.05) is 18.2 Å². The fourth-order valence-corrected chi connectivity index (χ4v) is 2.54. The van der Waals surface area contributed by atoms with E-state index in [2.05, 4.69) is 9.47 Å². The quantitative estimate of drug-likeness (QED) is 0.624. The lowest BCUT2D eigenvalue weighted by Crippen LogP contribution is -2.27. The standard InChI is InChI=1S/C16H19NO4/c1-17-10-11(12-6-4-5-7-14(12)17)8-9-13(15(18)20-2)16(19)21-3/h4-7,10,13H,8-9H2,1-3H3. The van der Waals surface area contributed by atoms with Crippen molar-refractivity contribution in [2.24, 2.45) is 13.0 Å². The third-order valence-electron chi connectivity index (χ3n) is 3.65. The summed E-state index contributed by atoms with van der Waals surface area (Å²) >= 11 is 0. The third-order valence-corrected chi connectivity index (χ3v) is 3.65. The van der Waals surface area contributed by atoms with Gasteiger partial charge in [-0.15, -0.1) is 0 Å². The SMILES string of the molecule is COC(=O)C(CCc1cn(C)c2ccccc12)C(=O)OC. The van der Waals surface area contributed by atoms with Crippen LogP contribution in [0.3, 0.4) is 0 Å². The summed E-state index contributed by atoms with van der Waals surface area (Å²) in [6.45, 7) is 0. The Morgan fingerprint density at radius 3 is 2.38 bits per heavy atom. The minimum Gasteiger partial charge on any atom is -0.468 e. The Morgan fingerprint density at radius 1 is 1.14 bits per heavy atom. The van der Waals surface area contributed by atoms with E-state index in [-0.39, 0.29) is 0 Å². The van der Waals surface area contributed by atoms with E-state index in [0.717, 1.165) is 16.5 Å². The Balaban J connectivity index is 2.20. The molecule has 0 amide bonds. The monoisotopic (exact) mass is 289 g/mol. The molecule has 0 unspecified atom stereocenters. The number of fused-ring (bicyclic) bond motifs is 1. The van der Waals surface area contributed by atoms with Crippen molar-refractivity contribution in [2.45, 2.75) is 12.8 Å². The Kier molecular flexibility index (Phi) is 4.62. The Hall–Kier alpha value is -2.30. The second-order valence-corrected chi connectivity index (χ2v) is 4.92. The van der Waals surface area contributed by atoms with Gasteiger partial charge in [0.1, 0.15) is 0 Å². The van der Waals surface area contributed by atoms with E-state index < -0.39 is 17.9 Å². The molecule has 1 aromatic heterocycles. The maximum Gasteiger partial charge on any atom is 0.320 e. The second-order valence-electron chi connectivity index (χ2n) is 4.92. The van der Waals surface area contributed by atoms with Gasteiger partial charge in [0.15, 0.2) is 5.92 Å². The fraction of sp³-hybridized carbons (Fsp3) is 0.375. The van der Waals surface area contributed by atoms with Crippen LogP contribution in [0.2, 0.25) is 0 Å². The van der Waals surface area contributed by atoms with Gasteiger partial charge < -0.3 is 14.0 Å². The lowest BCUT2D eigenvalue weighted by molar-refractivity contribution is -0.159. The highest BCUT2D eigenvalue weighted by Gasteiger charge is 2.28. The van der Waals surface area contributed by atoms with E-state index in [0.29, 0.717) is 12.8 Å². The van der Waals surface area contributed by atoms with Crippen LogP contribution in [0.15, 0.2) is 30.5 Å². The van der Waals surface area contributed by atoms with Gasteiger partial charge >= 0.3 is 11.9 Å². The highest BCUT2D eigenvalue weighted by atomic mass is 16.5. The predicted octanol–water partition coefficient (Wildman–Crippen LogP) is 2.07. The van der Waals surface area contributed by atoms with Gasteiger partial charge in [-0.25, -0.2) is 0 Å². The number of esters is 2. The van der Waals surface area contributed by atoms with E-state index in [1.165, 1.54) is 14.2 Å². The first-order valence-electron chi connectivity index (χ1n) is 6.77. The molecular weight excluding hydrogens is 270 g/mol. The summed E-state index contributed by atoms with van der Waals surface area (Å²) < 4.78 is 11.4. The molecule has 0 aliphatic carbocycles. The molecule has 0 N–H and O–H groups in total. The Morgan fingerprint density at radius 2 is 1.76 bits per heavy atom. The molecule has 0 aliphatic rings. The van der Waals surface area contributed by atoms with Crippen molar-refractivity contribution >= 4 is 22.8 Å². The predicted molar refractivity (Wildman–Crippen MR) is 78.8 cm³/mol. The highest BCUT2D eigenvalue weighted by Crippen LogP contribution is 2.23. The second kappa shape index (κ2) is 6.43. The van der Waals surface area contributed by atoms with Crippen LogP contribution in [0.4, 0.5) is 0 Å². The number of nitrogens with zero attached hydrogens (tertiary/aromatic N) is 1. The summed E-state index contributed by atoms with van der Waals surface area (Å²) in [6, 6.07) is 8.04. The van der Waals surface area contributed by atoms with Crippen LogP contribution >= 0.6 is 0 Å². The number of hydrogen-bond donors (Lipinski definition) is 0. The van der Waals surface area contributed by atoms with Crippen LogP contribution in [0, 0.1) is 5.92 Å². The maximum absolute atomic E-state index is 11.7. The molecule has 0 atom stereocenters. The number of methoxy groups -OCH3 is 2. The van der Waals surface area contributed by atoms with Gasteiger partial charge in [0.05, 0.1) is 14.2 Å². The molecule has 5 heteroatoms.